The number of hydrogen-bond acceptors (Lipinski definition) is 5. The second-order valence-electron chi connectivity index (χ2n) is 7.66. The van der Waals surface area contributed by atoms with Crippen LogP contribution in [0.2, 0.25) is 0 Å². The van der Waals surface area contributed by atoms with Crippen LogP contribution in [-0.2, 0) is 16.1 Å². The van der Waals surface area contributed by atoms with Gasteiger partial charge < -0.3 is 14.7 Å². The molecule has 0 bridgehead atoms. The third kappa shape index (κ3) is 4.12. The van der Waals surface area contributed by atoms with Crippen LogP contribution in [0.4, 0.5) is 0 Å². The zero-order chi connectivity index (χ0) is 22.7. The highest BCUT2D eigenvalue weighted by Crippen LogP contribution is 2.40. The summed E-state index contributed by atoms with van der Waals surface area (Å²) < 4.78 is 5.53. The molecular formula is C26H24N2O4. The summed E-state index contributed by atoms with van der Waals surface area (Å²) in [4.78, 5) is 31.8. The molecule has 1 amide bonds. The molecule has 1 N–H and O–H groups in total. The van der Waals surface area contributed by atoms with Crippen molar-refractivity contribution >= 4 is 17.4 Å². The van der Waals surface area contributed by atoms with Gasteiger partial charge in [0.05, 0.1) is 18.2 Å². The molecule has 6 heteroatoms. The summed E-state index contributed by atoms with van der Waals surface area (Å²) in [7, 11) is 0. The molecule has 0 aliphatic carbocycles. The smallest absolute Gasteiger partial charge is 0.295 e. The van der Waals surface area contributed by atoms with E-state index in [0.29, 0.717) is 17.9 Å². The summed E-state index contributed by atoms with van der Waals surface area (Å²) in [5, 5.41) is 11.2. The fourth-order valence-corrected chi connectivity index (χ4v) is 3.88. The van der Waals surface area contributed by atoms with Crippen LogP contribution in [0.1, 0.15) is 35.2 Å². The fourth-order valence-electron chi connectivity index (χ4n) is 3.88. The molecule has 4 rings (SSSR count). The number of ketones is 1. The number of rotatable bonds is 6. The lowest BCUT2D eigenvalue weighted by Gasteiger charge is -2.25. The van der Waals surface area contributed by atoms with Gasteiger partial charge in [0.2, 0.25) is 0 Å². The number of Topliss-reactive ketones (excluding diaryl/α,β-unsaturated/α-hetero) is 1. The summed E-state index contributed by atoms with van der Waals surface area (Å²) in [6.45, 7) is 4.51. The Labute approximate surface area is 186 Å². The van der Waals surface area contributed by atoms with Gasteiger partial charge in [-0.25, -0.2) is 0 Å². The number of aliphatic hydroxyl groups excluding tert-OH is 1. The van der Waals surface area contributed by atoms with Gasteiger partial charge in [-0.1, -0.05) is 48.0 Å². The Morgan fingerprint density at radius 3 is 2.56 bits per heavy atom. The third-order valence-electron chi connectivity index (χ3n) is 5.43. The summed E-state index contributed by atoms with van der Waals surface area (Å²) in [5.74, 6) is -1.00. The Bertz CT molecular complexity index is 1170. The standard InChI is InChI=1S/C26H24N2O4/c1-3-32-21-8-4-7-20(14-21)24(29)22-23(19-11-9-17(2)10-12-19)28(26(31)25(22)30)16-18-6-5-13-27-15-18/h4-15,23,29H,3,16H2,1-2H3. The molecule has 0 radical (unpaired) electrons. The molecule has 0 saturated carbocycles. The van der Waals surface area contributed by atoms with Gasteiger partial charge in [0.1, 0.15) is 11.5 Å². The maximum atomic E-state index is 13.1. The molecule has 3 aromatic rings. The van der Waals surface area contributed by atoms with Crippen LogP contribution in [0.25, 0.3) is 5.76 Å². The number of benzene rings is 2. The average molecular weight is 428 g/mol. The number of pyridine rings is 1. The van der Waals surface area contributed by atoms with Crippen LogP contribution >= 0.6 is 0 Å². The molecule has 1 atom stereocenters. The molecule has 1 aliphatic rings. The molecule has 1 aliphatic heterocycles. The fraction of sp³-hybridized carbons (Fsp3) is 0.192. The minimum atomic E-state index is -0.716. The molecule has 1 fully saturated rings. The van der Waals surface area contributed by atoms with Crippen molar-refractivity contribution in [3.63, 3.8) is 0 Å². The summed E-state index contributed by atoms with van der Waals surface area (Å²) in [5.41, 5.74) is 3.09. The van der Waals surface area contributed by atoms with E-state index in [4.69, 9.17) is 4.74 Å². The third-order valence-corrected chi connectivity index (χ3v) is 5.43. The highest BCUT2D eigenvalue weighted by Gasteiger charge is 2.46. The first-order chi connectivity index (χ1) is 15.5. The first kappa shape index (κ1) is 21.3. The van der Waals surface area contributed by atoms with E-state index in [2.05, 4.69) is 4.98 Å². The van der Waals surface area contributed by atoms with Crippen LogP contribution in [0.15, 0.2) is 78.6 Å². The molecule has 1 unspecified atom stereocenters. The van der Waals surface area contributed by atoms with Crippen molar-refractivity contribution in [3.05, 3.63) is 101 Å². The van der Waals surface area contributed by atoms with E-state index >= 15 is 0 Å². The number of likely N-dealkylation sites (tertiary alicyclic amines) is 1. The van der Waals surface area contributed by atoms with E-state index in [1.807, 2.05) is 44.2 Å². The zero-order valence-corrected chi connectivity index (χ0v) is 18.0. The second kappa shape index (κ2) is 9.06. The lowest BCUT2D eigenvalue weighted by molar-refractivity contribution is -0.140. The number of ether oxygens (including phenoxy) is 1. The first-order valence-corrected chi connectivity index (χ1v) is 10.5. The lowest BCUT2D eigenvalue weighted by atomic mass is 9.94. The normalized spacial score (nSPS) is 17.6. The minimum absolute atomic E-state index is 0.0661. The number of aromatic nitrogens is 1. The van der Waals surface area contributed by atoms with Gasteiger partial charge in [-0.15, -0.1) is 0 Å². The Morgan fingerprint density at radius 2 is 1.88 bits per heavy atom. The van der Waals surface area contributed by atoms with Crippen molar-refractivity contribution in [1.82, 2.24) is 9.88 Å². The second-order valence-corrected chi connectivity index (χ2v) is 7.66. The summed E-state index contributed by atoms with van der Waals surface area (Å²) >= 11 is 0. The Balaban J connectivity index is 1.84. The van der Waals surface area contributed by atoms with E-state index in [9.17, 15) is 14.7 Å². The van der Waals surface area contributed by atoms with Crippen molar-refractivity contribution in [1.29, 1.82) is 0 Å². The Kier molecular flexibility index (Phi) is 6.03. The van der Waals surface area contributed by atoms with E-state index < -0.39 is 17.7 Å². The first-order valence-electron chi connectivity index (χ1n) is 10.5. The molecule has 162 valence electrons. The topological polar surface area (TPSA) is 79.7 Å². The molecule has 1 saturated heterocycles. The van der Waals surface area contributed by atoms with Crippen molar-refractivity contribution in [2.75, 3.05) is 6.61 Å². The van der Waals surface area contributed by atoms with Crippen LogP contribution in [0.5, 0.6) is 5.75 Å². The van der Waals surface area contributed by atoms with Crippen LogP contribution in [0.3, 0.4) is 0 Å². The molecular weight excluding hydrogens is 404 g/mol. The monoisotopic (exact) mass is 428 g/mol. The number of nitrogens with zero attached hydrogens (tertiary/aromatic N) is 2. The maximum Gasteiger partial charge on any atom is 0.295 e. The van der Waals surface area contributed by atoms with E-state index in [1.54, 1.807) is 42.7 Å². The van der Waals surface area contributed by atoms with Crippen molar-refractivity contribution < 1.29 is 19.4 Å². The van der Waals surface area contributed by atoms with E-state index in [-0.39, 0.29) is 17.9 Å². The number of hydrogen-bond donors (Lipinski definition) is 1. The van der Waals surface area contributed by atoms with Crippen molar-refractivity contribution in [2.45, 2.75) is 26.4 Å². The zero-order valence-electron chi connectivity index (χ0n) is 18.0. The van der Waals surface area contributed by atoms with Gasteiger partial charge in [0.25, 0.3) is 11.7 Å². The van der Waals surface area contributed by atoms with Gasteiger partial charge >= 0.3 is 0 Å². The van der Waals surface area contributed by atoms with Crippen LogP contribution in [0, 0.1) is 6.92 Å². The molecule has 1 aromatic heterocycles. The molecule has 32 heavy (non-hydrogen) atoms. The van der Waals surface area contributed by atoms with E-state index in [0.717, 1.165) is 16.7 Å². The Morgan fingerprint density at radius 1 is 1.09 bits per heavy atom. The van der Waals surface area contributed by atoms with E-state index in [1.165, 1.54) is 4.90 Å². The summed E-state index contributed by atoms with van der Waals surface area (Å²) in [6, 6.07) is 17.4. The predicted molar refractivity (Wildman–Crippen MR) is 121 cm³/mol. The van der Waals surface area contributed by atoms with Gasteiger partial charge in [-0.2, -0.15) is 0 Å². The lowest BCUT2D eigenvalue weighted by Crippen LogP contribution is -2.29. The average Bonchev–Trinajstić information content (AvgIpc) is 3.05. The van der Waals surface area contributed by atoms with Crippen LogP contribution < -0.4 is 4.74 Å². The van der Waals surface area contributed by atoms with Gasteiger partial charge in [0, 0.05) is 24.5 Å². The predicted octanol–water partition coefficient (Wildman–Crippen LogP) is 4.41. The van der Waals surface area contributed by atoms with Gasteiger partial charge in [0.15, 0.2) is 0 Å². The number of aliphatic hydroxyl groups is 1. The number of amides is 1. The molecule has 2 heterocycles. The van der Waals surface area contributed by atoms with Gasteiger partial charge in [-0.05, 0) is 43.2 Å². The molecule has 2 aromatic carbocycles. The number of carbonyl (C=O) groups is 2. The maximum absolute atomic E-state index is 13.1. The number of aryl methyl sites for hydroxylation is 1. The summed E-state index contributed by atoms with van der Waals surface area (Å²) in [6.07, 6.45) is 3.32. The van der Waals surface area contributed by atoms with Crippen molar-refractivity contribution in [3.8, 4) is 5.75 Å². The van der Waals surface area contributed by atoms with Crippen LogP contribution in [-0.4, -0.2) is 33.3 Å². The van der Waals surface area contributed by atoms with Gasteiger partial charge in [-0.3, -0.25) is 14.6 Å². The number of carbonyl (C=O) groups excluding carboxylic acids is 2. The molecule has 6 nitrogen and oxygen atoms in total. The minimum Gasteiger partial charge on any atom is -0.507 e. The SMILES string of the molecule is CCOc1cccc(C(O)=C2C(=O)C(=O)N(Cc3cccnc3)C2c2ccc(C)cc2)c1. The quantitative estimate of drug-likeness (QED) is 0.357. The highest BCUT2D eigenvalue weighted by molar-refractivity contribution is 6.46. The Hall–Kier alpha value is -3.93. The highest BCUT2D eigenvalue weighted by atomic mass is 16.5. The van der Waals surface area contributed by atoms with Crippen molar-refractivity contribution in [2.24, 2.45) is 0 Å². The largest absolute Gasteiger partial charge is 0.507 e. The molecule has 0 spiro atoms.